The predicted octanol–water partition coefficient (Wildman–Crippen LogP) is 2.79. The number of nitrogens with zero attached hydrogens (tertiary/aromatic N) is 4. The van der Waals surface area contributed by atoms with Gasteiger partial charge in [0.2, 0.25) is 0 Å². The van der Waals surface area contributed by atoms with Gasteiger partial charge < -0.3 is 14.7 Å². The summed E-state index contributed by atoms with van der Waals surface area (Å²) in [6, 6.07) is 11.3. The van der Waals surface area contributed by atoms with Crippen molar-refractivity contribution in [2.24, 2.45) is 0 Å². The van der Waals surface area contributed by atoms with E-state index >= 15 is 0 Å². The molecule has 1 amide bonds. The summed E-state index contributed by atoms with van der Waals surface area (Å²) in [6.07, 6.45) is 3.46. The summed E-state index contributed by atoms with van der Waals surface area (Å²) in [7, 11) is 1.56. The van der Waals surface area contributed by atoms with E-state index in [0.717, 1.165) is 39.1 Å². The van der Waals surface area contributed by atoms with Crippen LogP contribution in [0.15, 0.2) is 48.8 Å². The molecule has 1 aliphatic rings. The van der Waals surface area contributed by atoms with Crippen molar-refractivity contribution in [2.45, 2.75) is 6.42 Å². The lowest BCUT2D eigenvalue weighted by atomic mass is 10.2. The van der Waals surface area contributed by atoms with Crippen LogP contribution >= 0.6 is 0 Å². The van der Waals surface area contributed by atoms with Gasteiger partial charge in [-0.2, -0.15) is 0 Å². The highest BCUT2D eigenvalue weighted by Gasteiger charge is 2.20. The van der Waals surface area contributed by atoms with Crippen LogP contribution in [0.5, 0.6) is 5.75 Å². The minimum absolute atomic E-state index is 0.445. The largest absolute Gasteiger partial charge is 0.495 e. The number of hydrogen-bond acceptors (Lipinski definition) is 5. The number of pyridine rings is 1. The molecule has 0 bridgehead atoms. The second kappa shape index (κ2) is 9.23. The number of ether oxygens (including phenoxy) is 1. The maximum Gasteiger partial charge on any atom is 0.411 e. The second-order valence-corrected chi connectivity index (χ2v) is 6.49. The first-order valence-corrected chi connectivity index (χ1v) is 9.20. The molecule has 1 N–H and O–H groups in total. The number of methoxy groups -OCH3 is 1. The van der Waals surface area contributed by atoms with Crippen molar-refractivity contribution in [3.8, 4) is 5.75 Å². The zero-order chi connectivity index (χ0) is 19.1. The van der Waals surface area contributed by atoms with Crippen molar-refractivity contribution in [3.63, 3.8) is 0 Å². The average Bonchev–Trinajstić information content (AvgIpc) is 2.72. The lowest BCUT2D eigenvalue weighted by molar-refractivity contribution is 0.200. The molecule has 2 aromatic rings. The monoisotopic (exact) mass is 370 g/mol. The van der Waals surface area contributed by atoms with Gasteiger partial charge in [0, 0.05) is 50.8 Å². The third-order valence-electron chi connectivity index (χ3n) is 4.86. The highest BCUT2D eigenvalue weighted by atomic mass is 16.5. The SMILES string of the molecule is COc1ccccc1N(CCCN1CCN(c2ccncc2)CC1)C(=O)O. The Hall–Kier alpha value is -2.80. The fourth-order valence-electron chi connectivity index (χ4n) is 3.41. The molecule has 0 saturated carbocycles. The molecule has 0 radical (unpaired) electrons. The van der Waals surface area contributed by atoms with Crippen LogP contribution in [0.1, 0.15) is 6.42 Å². The Morgan fingerprint density at radius 2 is 1.85 bits per heavy atom. The number of carboxylic acid groups (broad SMARTS) is 1. The van der Waals surface area contributed by atoms with Crippen LogP contribution < -0.4 is 14.5 Å². The number of rotatable bonds is 7. The van der Waals surface area contributed by atoms with Gasteiger partial charge in [0.15, 0.2) is 0 Å². The van der Waals surface area contributed by atoms with E-state index < -0.39 is 6.09 Å². The fraction of sp³-hybridized carbons (Fsp3) is 0.400. The normalized spacial score (nSPS) is 14.8. The third kappa shape index (κ3) is 4.89. The standard InChI is InChI=1S/C20H26N4O3/c1-27-19-6-3-2-5-18(19)24(20(25)26)12-4-11-22-13-15-23(16-14-22)17-7-9-21-10-8-17/h2-3,5-10H,4,11-16H2,1H3,(H,25,26). The molecule has 0 aliphatic carbocycles. The maximum absolute atomic E-state index is 11.7. The first-order valence-electron chi connectivity index (χ1n) is 9.20. The molecule has 0 spiro atoms. The Morgan fingerprint density at radius 1 is 1.15 bits per heavy atom. The van der Waals surface area contributed by atoms with Gasteiger partial charge in [-0.15, -0.1) is 0 Å². The van der Waals surface area contributed by atoms with E-state index in [1.165, 1.54) is 10.6 Å². The van der Waals surface area contributed by atoms with Gasteiger partial charge in [-0.3, -0.25) is 14.8 Å². The average molecular weight is 370 g/mol. The van der Waals surface area contributed by atoms with Gasteiger partial charge in [-0.05, 0) is 37.2 Å². The lowest BCUT2D eigenvalue weighted by Gasteiger charge is -2.36. The number of para-hydroxylation sites is 2. The molecule has 0 unspecified atom stereocenters. The predicted molar refractivity (Wildman–Crippen MR) is 106 cm³/mol. The molecule has 3 rings (SSSR count). The van der Waals surface area contributed by atoms with Crippen LogP contribution in [0.3, 0.4) is 0 Å². The Kier molecular flexibility index (Phi) is 6.49. The molecule has 27 heavy (non-hydrogen) atoms. The van der Waals surface area contributed by atoms with Crippen LogP contribution in [0.4, 0.5) is 16.2 Å². The minimum atomic E-state index is -0.956. The number of benzene rings is 1. The van der Waals surface area contributed by atoms with E-state index in [9.17, 15) is 9.90 Å². The van der Waals surface area contributed by atoms with Gasteiger partial charge in [0.1, 0.15) is 5.75 Å². The van der Waals surface area contributed by atoms with Crippen molar-refractivity contribution in [1.82, 2.24) is 9.88 Å². The number of carbonyl (C=O) groups is 1. The molecule has 144 valence electrons. The first kappa shape index (κ1) is 19.0. The molecule has 7 heteroatoms. The van der Waals surface area contributed by atoms with Crippen molar-refractivity contribution in [1.29, 1.82) is 0 Å². The number of aromatic nitrogens is 1. The lowest BCUT2D eigenvalue weighted by Crippen LogP contribution is -2.47. The van der Waals surface area contributed by atoms with E-state index in [-0.39, 0.29) is 0 Å². The minimum Gasteiger partial charge on any atom is -0.495 e. The third-order valence-corrected chi connectivity index (χ3v) is 4.86. The van der Waals surface area contributed by atoms with Gasteiger partial charge >= 0.3 is 6.09 Å². The zero-order valence-corrected chi connectivity index (χ0v) is 15.6. The van der Waals surface area contributed by atoms with Crippen LogP contribution in [-0.4, -0.2) is 67.5 Å². The smallest absolute Gasteiger partial charge is 0.411 e. The Morgan fingerprint density at radius 3 is 2.52 bits per heavy atom. The molecule has 1 aromatic carbocycles. The number of hydrogen-bond donors (Lipinski definition) is 1. The summed E-state index contributed by atoms with van der Waals surface area (Å²) in [4.78, 5) is 21.9. The topological polar surface area (TPSA) is 69.1 Å². The first-order chi connectivity index (χ1) is 13.2. The molecule has 2 heterocycles. The molecular weight excluding hydrogens is 344 g/mol. The summed E-state index contributed by atoms with van der Waals surface area (Å²) in [5.41, 5.74) is 1.80. The molecule has 1 fully saturated rings. The van der Waals surface area contributed by atoms with Gasteiger partial charge in [-0.25, -0.2) is 4.79 Å². The highest BCUT2D eigenvalue weighted by Crippen LogP contribution is 2.28. The molecule has 1 saturated heterocycles. The van der Waals surface area contributed by atoms with Gasteiger partial charge in [0.25, 0.3) is 0 Å². The van der Waals surface area contributed by atoms with E-state index in [1.807, 2.05) is 36.7 Å². The van der Waals surface area contributed by atoms with Gasteiger partial charge in [0.05, 0.1) is 12.8 Å². The van der Waals surface area contributed by atoms with Crippen LogP contribution in [0.25, 0.3) is 0 Å². The van der Waals surface area contributed by atoms with Crippen LogP contribution in [0, 0.1) is 0 Å². The molecule has 0 atom stereocenters. The summed E-state index contributed by atoms with van der Waals surface area (Å²) >= 11 is 0. The van der Waals surface area contributed by atoms with Crippen molar-refractivity contribution in [2.75, 3.05) is 56.2 Å². The molecule has 1 aliphatic heterocycles. The Labute approximate surface area is 159 Å². The highest BCUT2D eigenvalue weighted by molar-refractivity contribution is 5.88. The van der Waals surface area contributed by atoms with E-state index in [2.05, 4.69) is 14.8 Å². The van der Waals surface area contributed by atoms with E-state index in [0.29, 0.717) is 18.0 Å². The molecular formula is C20H26N4O3. The summed E-state index contributed by atoms with van der Waals surface area (Å²) < 4.78 is 5.30. The summed E-state index contributed by atoms with van der Waals surface area (Å²) in [6.45, 7) is 5.22. The number of anilines is 2. The quantitative estimate of drug-likeness (QED) is 0.808. The number of piperazine rings is 1. The summed E-state index contributed by atoms with van der Waals surface area (Å²) in [5.74, 6) is 0.575. The van der Waals surface area contributed by atoms with E-state index in [1.54, 1.807) is 19.2 Å². The molecule has 1 aromatic heterocycles. The maximum atomic E-state index is 11.7. The Balaban J connectivity index is 1.49. The van der Waals surface area contributed by atoms with Crippen molar-refractivity contribution in [3.05, 3.63) is 48.8 Å². The van der Waals surface area contributed by atoms with Crippen LogP contribution in [-0.2, 0) is 0 Å². The zero-order valence-electron chi connectivity index (χ0n) is 15.6. The van der Waals surface area contributed by atoms with E-state index in [4.69, 9.17) is 4.74 Å². The van der Waals surface area contributed by atoms with Gasteiger partial charge in [-0.1, -0.05) is 12.1 Å². The Bertz CT molecular complexity index is 733. The number of amides is 1. The molecule has 7 nitrogen and oxygen atoms in total. The fourth-order valence-corrected chi connectivity index (χ4v) is 3.41. The van der Waals surface area contributed by atoms with Crippen molar-refractivity contribution >= 4 is 17.5 Å². The summed E-state index contributed by atoms with van der Waals surface area (Å²) in [5, 5.41) is 9.59. The second-order valence-electron chi connectivity index (χ2n) is 6.49. The van der Waals surface area contributed by atoms with Crippen molar-refractivity contribution < 1.29 is 14.6 Å². The van der Waals surface area contributed by atoms with Crippen LogP contribution in [0.2, 0.25) is 0 Å².